The maximum atomic E-state index is 5.42. The van der Waals surface area contributed by atoms with E-state index in [1.54, 1.807) is 31.3 Å². The minimum Gasteiger partial charge on any atom is -0.478 e. The summed E-state index contributed by atoms with van der Waals surface area (Å²) in [5, 5.41) is 0.840. The van der Waals surface area contributed by atoms with E-state index in [9.17, 15) is 0 Å². The van der Waals surface area contributed by atoms with Crippen LogP contribution in [0.2, 0.25) is 0 Å². The van der Waals surface area contributed by atoms with E-state index in [4.69, 9.17) is 9.72 Å². The van der Waals surface area contributed by atoms with E-state index in [0.29, 0.717) is 17.8 Å². The Morgan fingerprint density at radius 1 is 1.15 bits per heavy atom. The lowest BCUT2D eigenvalue weighted by atomic mass is 9.92. The van der Waals surface area contributed by atoms with Gasteiger partial charge in [0.15, 0.2) is 11.0 Å². The minimum absolute atomic E-state index is 0.430. The van der Waals surface area contributed by atoms with Gasteiger partial charge in [-0.1, -0.05) is 11.8 Å². The molecule has 0 aromatic carbocycles. The lowest BCUT2D eigenvalue weighted by molar-refractivity contribution is 0.371. The summed E-state index contributed by atoms with van der Waals surface area (Å²) in [4.78, 5) is 22.8. The zero-order valence-corrected chi connectivity index (χ0v) is 16.2. The highest BCUT2D eigenvalue weighted by Crippen LogP contribution is 2.37. The van der Waals surface area contributed by atoms with E-state index in [2.05, 4.69) is 30.8 Å². The van der Waals surface area contributed by atoms with Crippen LogP contribution >= 0.6 is 11.8 Å². The van der Waals surface area contributed by atoms with E-state index in [0.717, 1.165) is 48.5 Å². The van der Waals surface area contributed by atoms with Crippen molar-refractivity contribution in [2.45, 2.75) is 31.0 Å². The van der Waals surface area contributed by atoms with Crippen molar-refractivity contribution in [1.29, 1.82) is 0 Å². The molecule has 2 unspecified atom stereocenters. The number of ether oxygens (including phenoxy) is 1. The molecule has 7 nitrogen and oxygen atoms in total. The van der Waals surface area contributed by atoms with E-state index in [-0.39, 0.29) is 0 Å². The van der Waals surface area contributed by atoms with Crippen LogP contribution in [0.4, 0.5) is 11.6 Å². The van der Waals surface area contributed by atoms with Gasteiger partial charge in [0.2, 0.25) is 0 Å². The summed E-state index contributed by atoms with van der Waals surface area (Å²) in [5.74, 6) is 3.17. The number of anilines is 2. The van der Waals surface area contributed by atoms with Crippen molar-refractivity contribution < 1.29 is 4.74 Å². The Balaban J connectivity index is 1.60. The van der Waals surface area contributed by atoms with Gasteiger partial charge in [-0.05, 0) is 31.9 Å². The highest BCUT2D eigenvalue weighted by Gasteiger charge is 2.40. The summed E-state index contributed by atoms with van der Waals surface area (Å²) in [6.07, 6.45) is 7.79. The molecule has 0 aliphatic carbocycles. The maximum Gasteiger partial charge on any atom is 0.257 e. The number of thioether (sulfide) groups is 1. The van der Waals surface area contributed by atoms with Gasteiger partial charge >= 0.3 is 0 Å². The molecule has 0 saturated carbocycles. The van der Waals surface area contributed by atoms with Gasteiger partial charge in [0, 0.05) is 43.8 Å². The second kappa shape index (κ2) is 7.26. The third kappa shape index (κ3) is 3.18. The average molecular weight is 372 g/mol. The number of aryl methyl sites for hydroxylation is 1. The van der Waals surface area contributed by atoms with E-state index < -0.39 is 0 Å². The molecule has 4 rings (SSSR count). The van der Waals surface area contributed by atoms with Crippen molar-refractivity contribution in [3.8, 4) is 5.88 Å². The summed E-state index contributed by atoms with van der Waals surface area (Å²) in [6, 6.07) is 2.53. The lowest BCUT2D eigenvalue weighted by Gasteiger charge is -2.39. The van der Waals surface area contributed by atoms with Gasteiger partial charge in [-0.2, -0.15) is 0 Å². The van der Waals surface area contributed by atoms with Gasteiger partial charge in [0.25, 0.3) is 5.88 Å². The molecule has 4 heterocycles. The highest BCUT2D eigenvalue weighted by molar-refractivity contribution is 7.98. The van der Waals surface area contributed by atoms with Crippen LogP contribution < -0.4 is 14.5 Å². The zero-order valence-electron chi connectivity index (χ0n) is 15.4. The molecule has 0 N–H and O–H groups in total. The topological polar surface area (TPSA) is 67.3 Å². The first-order valence-electron chi connectivity index (χ1n) is 8.96. The number of hydrogen-bond acceptors (Lipinski definition) is 8. The van der Waals surface area contributed by atoms with Gasteiger partial charge < -0.3 is 14.5 Å². The fraction of sp³-hybridized carbons (Fsp3) is 0.556. The summed E-state index contributed by atoms with van der Waals surface area (Å²) < 4.78 is 5.42. The molecule has 2 aliphatic heterocycles. The van der Waals surface area contributed by atoms with Crippen LogP contribution in [-0.4, -0.2) is 59.0 Å². The quantitative estimate of drug-likeness (QED) is 0.599. The summed E-state index contributed by atoms with van der Waals surface area (Å²) >= 11 is 1.59. The van der Waals surface area contributed by atoms with E-state index in [1.807, 2.05) is 13.2 Å². The third-order valence-corrected chi connectivity index (χ3v) is 5.85. The molecule has 2 aromatic rings. The van der Waals surface area contributed by atoms with Crippen LogP contribution in [0.5, 0.6) is 5.88 Å². The Bertz CT molecular complexity index is 788. The van der Waals surface area contributed by atoms with Crippen molar-refractivity contribution >= 4 is 23.4 Å². The second-order valence-electron chi connectivity index (χ2n) is 6.79. The summed E-state index contributed by atoms with van der Waals surface area (Å²) in [6.45, 7) is 4.99. The predicted molar refractivity (Wildman–Crippen MR) is 103 cm³/mol. The molecule has 0 spiro atoms. The van der Waals surface area contributed by atoms with E-state index >= 15 is 0 Å². The van der Waals surface area contributed by atoms with Crippen LogP contribution in [0.1, 0.15) is 18.5 Å². The highest BCUT2D eigenvalue weighted by atomic mass is 32.2. The standard InChI is InChI=1S/C18H24N6OS/c1-12-10-15(22-18(21-12)26-3)24-9-5-13-4-8-23(11-14(13)24)16-17(25-2)20-7-6-19-16/h6-7,10,13-14H,4-5,8-9,11H2,1-3H3. The number of piperidine rings is 1. The van der Waals surface area contributed by atoms with Crippen molar-refractivity contribution in [1.82, 2.24) is 19.9 Å². The Morgan fingerprint density at radius 2 is 1.96 bits per heavy atom. The van der Waals surface area contributed by atoms with Gasteiger partial charge in [-0.15, -0.1) is 0 Å². The molecule has 2 atom stereocenters. The fourth-order valence-electron chi connectivity index (χ4n) is 4.06. The van der Waals surface area contributed by atoms with E-state index in [1.165, 1.54) is 6.42 Å². The van der Waals surface area contributed by atoms with Crippen molar-refractivity contribution in [3.05, 3.63) is 24.2 Å². The van der Waals surface area contributed by atoms with Crippen LogP contribution in [0.15, 0.2) is 23.6 Å². The first kappa shape index (κ1) is 17.3. The first-order chi connectivity index (χ1) is 12.7. The molecule has 0 radical (unpaired) electrons. The Labute approximate surface area is 158 Å². The monoisotopic (exact) mass is 372 g/mol. The first-order valence-corrected chi connectivity index (χ1v) is 10.2. The zero-order chi connectivity index (χ0) is 18.1. The molecule has 2 aliphatic rings. The maximum absolute atomic E-state index is 5.42. The molecule has 0 amide bonds. The predicted octanol–water partition coefficient (Wildman–Crippen LogP) is 2.41. The molecule has 2 saturated heterocycles. The SMILES string of the molecule is COc1nccnc1N1CCC2CCN(c3cc(C)nc(SC)n3)C2C1. The lowest BCUT2D eigenvalue weighted by Crippen LogP contribution is -2.49. The summed E-state index contributed by atoms with van der Waals surface area (Å²) in [7, 11) is 1.65. The van der Waals surface area contributed by atoms with Crippen LogP contribution in [-0.2, 0) is 0 Å². The van der Waals surface area contributed by atoms with Gasteiger partial charge in [0.05, 0.1) is 13.2 Å². The van der Waals surface area contributed by atoms with Gasteiger partial charge in [-0.3, -0.25) is 0 Å². The Hall–Kier alpha value is -2.09. The Morgan fingerprint density at radius 3 is 2.77 bits per heavy atom. The molecular weight excluding hydrogens is 348 g/mol. The number of aromatic nitrogens is 4. The Kier molecular flexibility index (Phi) is 4.84. The normalized spacial score (nSPS) is 22.4. The smallest absolute Gasteiger partial charge is 0.257 e. The molecule has 0 bridgehead atoms. The number of hydrogen-bond donors (Lipinski definition) is 0. The van der Waals surface area contributed by atoms with Gasteiger partial charge in [0.1, 0.15) is 5.82 Å². The van der Waals surface area contributed by atoms with Gasteiger partial charge in [-0.25, -0.2) is 19.9 Å². The van der Waals surface area contributed by atoms with Crippen LogP contribution in [0.25, 0.3) is 0 Å². The second-order valence-corrected chi connectivity index (χ2v) is 7.56. The fourth-order valence-corrected chi connectivity index (χ4v) is 4.48. The molecule has 26 heavy (non-hydrogen) atoms. The number of rotatable bonds is 4. The molecule has 138 valence electrons. The van der Waals surface area contributed by atoms with Crippen molar-refractivity contribution in [2.75, 3.05) is 42.8 Å². The number of methoxy groups -OCH3 is 1. The van der Waals surface area contributed by atoms with Crippen molar-refractivity contribution in [3.63, 3.8) is 0 Å². The molecule has 2 fully saturated rings. The summed E-state index contributed by atoms with van der Waals surface area (Å²) in [5.41, 5.74) is 1.02. The van der Waals surface area contributed by atoms with Crippen molar-refractivity contribution in [2.24, 2.45) is 5.92 Å². The average Bonchev–Trinajstić information content (AvgIpc) is 3.10. The molecule has 8 heteroatoms. The number of nitrogens with zero attached hydrogens (tertiary/aromatic N) is 6. The minimum atomic E-state index is 0.430. The largest absolute Gasteiger partial charge is 0.478 e. The number of fused-ring (bicyclic) bond motifs is 1. The molecule has 2 aromatic heterocycles. The molecular formula is C18H24N6OS. The van der Waals surface area contributed by atoms with Crippen LogP contribution in [0, 0.1) is 12.8 Å². The van der Waals surface area contributed by atoms with Crippen LogP contribution in [0.3, 0.4) is 0 Å². The third-order valence-electron chi connectivity index (χ3n) is 5.30.